The van der Waals surface area contributed by atoms with Crippen LogP contribution in [0.1, 0.15) is 18.9 Å². The number of hydrogen-bond acceptors (Lipinski definition) is 3. The lowest BCUT2D eigenvalue weighted by molar-refractivity contribution is -0.138. The molecule has 0 aliphatic carbocycles. The van der Waals surface area contributed by atoms with Gasteiger partial charge in [0.05, 0.1) is 18.7 Å². The fraction of sp³-hybridized carbons (Fsp3) is 0.462. The van der Waals surface area contributed by atoms with Crippen molar-refractivity contribution in [3.05, 3.63) is 28.8 Å². The number of methoxy groups -OCH3 is 1. The van der Waals surface area contributed by atoms with Crippen LogP contribution in [0.4, 0.5) is 0 Å². The highest BCUT2D eigenvalue weighted by molar-refractivity contribution is 6.32. The molecule has 1 aromatic rings. The van der Waals surface area contributed by atoms with E-state index >= 15 is 0 Å². The monoisotopic (exact) mass is 271 g/mol. The predicted molar refractivity (Wildman–Crippen MR) is 71.2 cm³/mol. The minimum atomic E-state index is -0.817. The first kappa shape index (κ1) is 14.8. The van der Waals surface area contributed by atoms with Crippen molar-refractivity contribution in [2.75, 3.05) is 20.2 Å². The van der Waals surface area contributed by atoms with Crippen LogP contribution in [0.5, 0.6) is 5.75 Å². The van der Waals surface area contributed by atoms with E-state index in [9.17, 15) is 4.79 Å². The molecule has 0 aliphatic heterocycles. The average Bonchev–Trinajstić information content (AvgIpc) is 2.28. The molecule has 1 aromatic carbocycles. The highest BCUT2D eigenvalue weighted by atomic mass is 35.5. The third-order valence-electron chi connectivity index (χ3n) is 2.52. The summed E-state index contributed by atoms with van der Waals surface area (Å²) < 4.78 is 5.08. The lowest BCUT2D eigenvalue weighted by atomic mass is 10.2. The van der Waals surface area contributed by atoms with E-state index in [2.05, 4.69) is 0 Å². The van der Waals surface area contributed by atoms with Gasteiger partial charge in [-0.2, -0.15) is 0 Å². The number of carboxylic acids is 1. The van der Waals surface area contributed by atoms with E-state index in [1.807, 2.05) is 24.0 Å². The molecule has 18 heavy (non-hydrogen) atoms. The summed E-state index contributed by atoms with van der Waals surface area (Å²) in [6.07, 6.45) is 0.914. The molecule has 0 fully saturated rings. The van der Waals surface area contributed by atoms with Crippen molar-refractivity contribution >= 4 is 17.6 Å². The van der Waals surface area contributed by atoms with Gasteiger partial charge in [-0.05, 0) is 30.7 Å². The van der Waals surface area contributed by atoms with Crippen LogP contribution in [-0.4, -0.2) is 36.2 Å². The van der Waals surface area contributed by atoms with Gasteiger partial charge < -0.3 is 9.84 Å². The summed E-state index contributed by atoms with van der Waals surface area (Å²) in [7, 11) is 1.56. The standard InChI is InChI=1S/C13H18ClNO3/c1-3-6-15(9-13(16)17)8-10-4-5-12(18-2)11(14)7-10/h4-5,7H,3,6,8-9H2,1-2H3,(H,16,17). The van der Waals surface area contributed by atoms with Crippen LogP contribution < -0.4 is 4.74 Å². The van der Waals surface area contributed by atoms with Crippen LogP contribution in [0.25, 0.3) is 0 Å². The maximum absolute atomic E-state index is 10.8. The molecular formula is C13H18ClNO3. The molecule has 0 aliphatic rings. The number of nitrogens with zero attached hydrogens (tertiary/aromatic N) is 1. The Labute approximate surface area is 112 Å². The summed E-state index contributed by atoms with van der Waals surface area (Å²) in [4.78, 5) is 12.6. The highest BCUT2D eigenvalue weighted by Gasteiger charge is 2.10. The summed E-state index contributed by atoms with van der Waals surface area (Å²) in [5, 5.41) is 9.38. The first-order valence-electron chi connectivity index (χ1n) is 5.83. The van der Waals surface area contributed by atoms with Crippen molar-refractivity contribution in [1.82, 2.24) is 4.90 Å². The topological polar surface area (TPSA) is 49.8 Å². The molecule has 0 atom stereocenters. The first-order valence-corrected chi connectivity index (χ1v) is 6.21. The van der Waals surface area contributed by atoms with Crippen molar-refractivity contribution in [2.24, 2.45) is 0 Å². The Kier molecular flexibility index (Phi) is 5.95. The second kappa shape index (κ2) is 7.24. The van der Waals surface area contributed by atoms with E-state index < -0.39 is 5.97 Å². The fourth-order valence-electron chi connectivity index (χ4n) is 1.79. The molecular weight excluding hydrogens is 254 g/mol. The molecule has 5 heteroatoms. The third-order valence-corrected chi connectivity index (χ3v) is 2.82. The lowest BCUT2D eigenvalue weighted by Crippen LogP contribution is -2.30. The number of halogens is 1. The van der Waals surface area contributed by atoms with Gasteiger partial charge in [-0.25, -0.2) is 0 Å². The van der Waals surface area contributed by atoms with Gasteiger partial charge in [-0.1, -0.05) is 24.6 Å². The summed E-state index contributed by atoms with van der Waals surface area (Å²) in [6.45, 7) is 3.38. The molecule has 1 rings (SSSR count). The van der Waals surface area contributed by atoms with Crippen molar-refractivity contribution in [3.8, 4) is 5.75 Å². The van der Waals surface area contributed by atoms with Crippen molar-refractivity contribution in [2.45, 2.75) is 19.9 Å². The molecule has 0 saturated carbocycles. The van der Waals surface area contributed by atoms with Gasteiger partial charge in [0, 0.05) is 6.54 Å². The average molecular weight is 272 g/mol. The van der Waals surface area contributed by atoms with Crippen molar-refractivity contribution < 1.29 is 14.6 Å². The molecule has 0 aromatic heterocycles. The van der Waals surface area contributed by atoms with Gasteiger partial charge in [0.2, 0.25) is 0 Å². The summed E-state index contributed by atoms with van der Waals surface area (Å²) in [5.41, 5.74) is 0.982. The van der Waals surface area contributed by atoms with Gasteiger partial charge in [0.15, 0.2) is 0 Å². The number of carboxylic acid groups (broad SMARTS) is 1. The molecule has 100 valence electrons. The maximum Gasteiger partial charge on any atom is 0.317 e. The van der Waals surface area contributed by atoms with Crippen LogP contribution >= 0.6 is 11.6 Å². The second-order valence-electron chi connectivity index (χ2n) is 4.07. The SMILES string of the molecule is CCCN(CC(=O)O)Cc1ccc(OC)c(Cl)c1. The molecule has 0 radical (unpaired) electrons. The zero-order valence-corrected chi connectivity index (χ0v) is 11.4. The van der Waals surface area contributed by atoms with Gasteiger partial charge in [0.25, 0.3) is 0 Å². The van der Waals surface area contributed by atoms with Crippen molar-refractivity contribution in [1.29, 1.82) is 0 Å². The van der Waals surface area contributed by atoms with E-state index in [-0.39, 0.29) is 6.54 Å². The Morgan fingerprint density at radius 3 is 2.72 bits per heavy atom. The van der Waals surface area contributed by atoms with Crippen molar-refractivity contribution in [3.63, 3.8) is 0 Å². The van der Waals surface area contributed by atoms with E-state index in [4.69, 9.17) is 21.4 Å². The minimum Gasteiger partial charge on any atom is -0.495 e. The van der Waals surface area contributed by atoms with Crippen LogP contribution in [0, 0.1) is 0 Å². The molecule has 0 amide bonds. The molecule has 0 bridgehead atoms. The zero-order valence-electron chi connectivity index (χ0n) is 10.6. The zero-order chi connectivity index (χ0) is 13.5. The Balaban J connectivity index is 2.73. The van der Waals surface area contributed by atoms with Crippen LogP contribution in [0.3, 0.4) is 0 Å². The molecule has 4 nitrogen and oxygen atoms in total. The molecule has 1 N–H and O–H groups in total. The molecule has 0 saturated heterocycles. The predicted octanol–water partition coefficient (Wildman–Crippen LogP) is 2.65. The Bertz CT molecular complexity index is 409. The first-order chi connectivity index (χ1) is 8.56. The van der Waals surface area contributed by atoms with E-state index in [0.29, 0.717) is 17.3 Å². The molecule has 0 unspecified atom stereocenters. The molecule has 0 spiro atoms. The van der Waals surface area contributed by atoms with Crippen LogP contribution in [-0.2, 0) is 11.3 Å². The largest absolute Gasteiger partial charge is 0.495 e. The Morgan fingerprint density at radius 1 is 1.50 bits per heavy atom. The third kappa shape index (κ3) is 4.55. The number of aliphatic carboxylic acids is 1. The second-order valence-corrected chi connectivity index (χ2v) is 4.48. The minimum absolute atomic E-state index is 0.0392. The fourth-order valence-corrected chi connectivity index (χ4v) is 2.07. The van der Waals surface area contributed by atoms with Crippen LogP contribution in [0.15, 0.2) is 18.2 Å². The Hall–Kier alpha value is -1.26. The quantitative estimate of drug-likeness (QED) is 0.828. The number of benzene rings is 1. The maximum atomic E-state index is 10.8. The van der Waals surface area contributed by atoms with Gasteiger partial charge >= 0.3 is 5.97 Å². The smallest absolute Gasteiger partial charge is 0.317 e. The van der Waals surface area contributed by atoms with E-state index in [1.165, 1.54) is 0 Å². The van der Waals surface area contributed by atoms with E-state index in [0.717, 1.165) is 18.5 Å². The van der Waals surface area contributed by atoms with Gasteiger partial charge in [0.1, 0.15) is 5.75 Å². The van der Waals surface area contributed by atoms with Gasteiger partial charge in [-0.3, -0.25) is 9.69 Å². The van der Waals surface area contributed by atoms with Gasteiger partial charge in [-0.15, -0.1) is 0 Å². The summed E-state index contributed by atoms with van der Waals surface area (Å²) in [5.74, 6) is -0.191. The number of carbonyl (C=O) groups is 1. The van der Waals surface area contributed by atoms with Crippen LogP contribution in [0.2, 0.25) is 5.02 Å². The van der Waals surface area contributed by atoms with E-state index in [1.54, 1.807) is 13.2 Å². The lowest BCUT2D eigenvalue weighted by Gasteiger charge is -2.19. The Morgan fingerprint density at radius 2 is 2.22 bits per heavy atom. The number of rotatable bonds is 7. The highest BCUT2D eigenvalue weighted by Crippen LogP contribution is 2.25. The summed E-state index contributed by atoms with van der Waals surface area (Å²) >= 11 is 6.04. The normalized spacial score (nSPS) is 10.7. The number of ether oxygens (including phenoxy) is 1. The number of hydrogen-bond donors (Lipinski definition) is 1. The molecule has 0 heterocycles. The summed E-state index contributed by atoms with van der Waals surface area (Å²) in [6, 6.07) is 5.50.